The fourth-order valence-electron chi connectivity index (χ4n) is 2.51. The first-order chi connectivity index (χ1) is 9.92. The molecule has 1 heterocycles. The van der Waals surface area contributed by atoms with E-state index in [1.165, 1.54) is 12.1 Å². The van der Waals surface area contributed by atoms with Crippen LogP contribution in [0, 0.1) is 11.7 Å². The van der Waals surface area contributed by atoms with Gasteiger partial charge in [-0.05, 0) is 56.6 Å². The van der Waals surface area contributed by atoms with Crippen molar-refractivity contribution in [3.63, 3.8) is 0 Å². The van der Waals surface area contributed by atoms with E-state index in [9.17, 15) is 12.8 Å². The highest BCUT2D eigenvalue weighted by Gasteiger charge is 2.23. The lowest BCUT2D eigenvalue weighted by Crippen LogP contribution is -2.38. The van der Waals surface area contributed by atoms with Crippen LogP contribution in [0.15, 0.2) is 27.6 Å². The summed E-state index contributed by atoms with van der Waals surface area (Å²) in [6.45, 7) is 5.52. The minimum Gasteiger partial charge on any atom is -0.304 e. The van der Waals surface area contributed by atoms with Crippen molar-refractivity contribution >= 4 is 26.0 Å². The number of hydrogen-bond acceptors (Lipinski definition) is 3. The molecule has 0 bridgehead atoms. The van der Waals surface area contributed by atoms with Crippen molar-refractivity contribution < 1.29 is 12.8 Å². The van der Waals surface area contributed by atoms with Gasteiger partial charge in [-0.15, -0.1) is 0 Å². The van der Waals surface area contributed by atoms with Crippen LogP contribution < -0.4 is 4.72 Å². The Morgan fingerprint density at radius 2 is 2.05 bits per heavy atom. The zero-order valence-corrected chi connectivity index (χ0v) is 14.4. The van der Waals surface area contributed by atoms with Crippen LogP contribution in [-0.2, 0) is 10.0 Å². The molecule has 1 aromatic carbocycles. The highest BCUT2D eigenvalue weighted by molar-refractivity contribution is 9.10. The van der Waals surface area contributed by atoms with Crippen LogP contribution in [0.3, 0.4) is 0 Å². The standard InChI is InChI=1S/C14H20BrFN2O2S/c1-2-18-7-5-11(6-8-18)10-17-21(19,20)14-4-3-12(15)9-13(14)16/h3-4,9,11,17H,2,5-8,10H2,1H3. The van der Waals surface area contributed by atoms with Crippen LogP contribution in [0.2, 0.25) is 0 Å². The molecule has 118 valence electrons. The first kappa shape index (κ1) is 16.9. The van der Waals surface area contributed by atoms with Gasteiger partial charge in [-0.25, -0.2) is 17.5 Å². The first-order valence-corrected chi connectivity index (χ1v) is 9.37. The third-order valence-electron chi connectivity index (χ3n) is 3.90. The number of piperidine rings is 1. The second-order valence-electron chi connectivity index (χ2n) is 5.30. The number of benzene rings is 1. The molecule has 0 unspecified atom stereocenters. The van der Waals surface area contributed by atoms with Crippen molar-refractivity contribution in [1.29, 1.82) is 0 Å². The molecule has 1 fully saturated rings. The van der Waals surface area contributed by atoms with E-state index < -0.39 is 15.8 Å². The predicted octanol–water partition coefficient (Wildman–Crippen LogP) is 2.60. The summed E-state index contributed by atoms with van der Waals surface area (Å²) in [6, 6.07) is 3.97. The van der Waals surface area contributed by atoms with Gasteiger partial charge in [0.05, 0.1) is 0 Å². The summed E-state index contributed by atoms with van der Waals surface area (Å²) < 4.78 is 41.1. The summed E-state index contributed by atoms with van der Waals surface area (Å²) in [5, 5.41) is 0. The van der Waals surface area contributed by atoms with Gasteiger partial charge in [0.1, 0.15) is 10.7 Å². The fraction of sp³-hybridized carbons (Fsp3) is 0.571. The van der Waals surface area contributed by atoms with Crippen LogP contribution in [-0.4, -0.2) is 39.5 Å². The van der Waals surface area contributed by atoms with Crippen molar-refractivity contribution in [2.75, 3.05) is 26.2 Å². The Morgan fingerprint density at radius 3 is 2.62 bits per heavy atom. The van der Waals surface area contributed by atoms with Gasteiger partial charge in [-0.2, -0.15) is 0 Å². The number of halogens is 2. The van der Waals surface area contributed by atoms with Gasteiger partial charge in [0.25, 0.3) is 0 Å². The molecular formula is C14H20BrFN2O2S. The molecular weight excluding hydrogens is 359 g/mol. The molecule has 21 heavy (non-hydrogen) atoms. The van der Waals surface area contributed by atoms with Gasteiger partial charge >= 0.3 is 0 Å². The van der Waals surface area contributed by atoms with Gasteiger partial charge in [-0.1, -0.05) is 22.9 Å². The summed E-state index contributed by atoms with van der Waals surface area (Å²) in [7, 11) is -3.79. The monoisotopic (exact) mass is 378 g/mol. The number of nitrogens with zero attached hydrogens (tertiary/aromatic N) is 1. The van der Waals surface area contributed by atoms with Crippen LogP contribution in [0.25, 0.3) is 0 Å². The minimum absolute atomic E-state index is 0.295. The second-order valence-corrected chi connectivity index (χ2v) is 7.96. The van der Waals surface area contributed by atoms with E-state index in [-0.39, 0.29) is 4.90 Å². The normalized spacial score (nSPS) is 18.0. The summed E-state index contributed by atoms with van der Waals surface area (Å²) >= 11 is 3.12. The lowest BCUT2D eigenvalue weighted by atomic mass is 9.97. The molecule has 1 saturated heterocycles. The van der Waals surface area contributed by atoms with Crippen LogP contribution >= 0.6 is 15.9 Å². The Labute approximate surface area is 133 Å². The number of nitrogens with one attached hydrogen (secondary N) is 1. The molecule has 0 aliphatic carbocycles. The van der Waals surface area contributed by atoms with Gasteiger partial charge in [0, 0.05) is 11.0 Å². The van der Waals surface area contributed by atoms with Gasteiger partial charge in [0.2, 0.25) is 10.0 Å². The molecule has 1 aliphatic rings. The van der Waals surface area contributed by atoms with Crippen LogP contribution in [0.4, 0.5) is 4.39 Å². The quantitative estimate of drug-likeness (QED) is 0.856. The van der Waals surface area contributed by atoms with E-state index in [1.807, 2.05) is 0 Å². The summed E-state index contributed by atoms with van der Waals surface area (Å²) in [5.74, 6) is -0.418. The average Bonchev–Trinajstić information content (AvgIpc) is 2.45. The van der Waals surface area contributed by atoms with E-state index >= 15 is 0 Å². The average molecular weight is 379 g/mol. The topological polar surface area (TPSA) is 49.4 Å². The largest absolute Gasteiger partial charge is 0.304 e. The summed E-state index contributed by atoms with van der Waals surface area (Å²) in [4.78, 5) is 2.05. The van der Waals surface area contributed by atoms with Crippen LogP contribution in [0.5, 0.6) is 0 Å². The molecule has 0 radical (unpaired) electrons. The Kier molecular flexibility index (Phi) is 5.76. The van der Waals surface area contributed by atoms with E-state index in [4.69, 9.17) is 0 Å². The maximum absolute atomic E-state index is 13.8. The third-order valence-corrected chi connectivity index (χ3v) is 5.85. The molecule has 0 atom stereocenters. The number of rotatable bonds is 5. The summed E-state index contributed by atoms with van der Waals surface area (Å²) in [6.07, 6.45) is 1.94. The molecule has 2 rings (SSSR count). The highest BCUT2D eigenvalue weighted by Crippen LogP contribution is 2.21. The summed E-state index contributed by atoms with van der Waals surface area (Å²) in [5.41, 5.74) is 0. The van der Waals surface area contributed by atoms with Crippen molar-refractivity contribution in [3.05, 3.63) is 28.5 Å². The van der Waals surface area contributed by atoms with E-state index in [0.717, 1.165) is 38.5 Å². The number of sulfonamides is 1. The molecule has 0 amide bonds. The maximum atomic E-state index is 13.8. The van der Waals surface area contributed by atoms with E-state index in [2.05, 4.69) is 32.5 Å². The van der Waals surface area contributed by atoms with E-state index in [1.54, 1.807) is 0 Å². The lowest BCUT2D eigenvalue weighted by molar-refractivity contribution is 0.193. The first-order valence-electron chi connectivity index (χ1n) is 7.09. The smallest absolute Gasteiger partial charge is 0.243 e. The van der Waals surface area contributed by atoms with Crippen molar-refractivity contribution in [2.24, 2.45) is 5.92 Å². The van der Waals surface area contributed by atoms with Gasteiger partial charge in [-0.3, -0.25) is 0 Å². The Hall–Kier alpha value is -0.500. The Morgan fingerprint density at radius 1 is 1.38 bits per heavy atom. The van der Waals surface area contributed by atoms with Gasteiger partial charge in [0.15, 0.2) is 0 Å². The Bertz CT molecular complexity index is 587. The minimum atomic E-state index is -3.79. The molecule has 1 N–H and O–H groups in total. The second kappa shape index (κ2) is 7.17. The zero-order valence-electron chi connectivity index (χ0n) is 12.0. The van der Waals surface area contributed by atoms with Gasteiger partial charge < -0.3 is 4.90 Å². The van der Waals surface area contributed by atoms with Crippen molar-refractivity contribution in [3.8, 4) is 0 Å². The molecule has 0 aromatic heterocycles. The molecule has 1 aliphatic heterocycles. The van der Waals surface area contributed by atoms with Crippen LogP contribution in [0.1, 0.15) is 19.8 Å². The Balaban J connectivity index is 1.96. The third kappa shape index (κ3) is 4.48. The lowest BCUT2D eigenvalue weighted by Gasteiger charge is -2.30. The number of likely N-dealkylation sites (tertiary alicyclic amines) is 1. The highest BCUT2D eigenvalue weighted by atomic mass is 79.9. The SMILES string of the molecule is CCN1CCC(CNS(=O)(=O)c2ccc(Br)cc2F)CC1. The fourth-order valence-corrected chi connectivity index (χ4v) is 4.01. The molecule has 0 saturated carbocycles. The van der Waals surface area contributed by atoms with Crippen molar-refractivity contribution in [1.82, 2.24) is 9.62 Å². The molecule has 7 heteroatoms. The zero-order chi connectivity index (χ0) is 15.5. The molecule has 0 spiro atoms. The predicted molar refractivity (Wildman–Crippen MR) is 84.1 cm³/mol. The van der Waals surface area contributed by atoms with Crippen molar-refractivity contribution in [2.45, 2.75) is 24.7 Å². The molecule has 1 aromatic rings. The van der Waals surface area contributed by atoms with E-state index in [0.29, 0.717) is 16.9 Å². The molecule has 4 nitrogen and oxygen atoms in total. The number of hydrogen-bond donors (Lipinski definition) is 1. The maximum Gasteiger partial charge on any atom is 0.243 e.